The quantitative estimate of drug-likeness (QED) is 0.771. The lowest BCUT2D eigenvalue weighted by Gasteiger charge is -2.27. The van der Waals surface area contributed by atoms with Crippen LogP contribution in [-0.4, -0.2) is 53.0 Å². The molecule has 1 saturated heterocycles. The third-order valence-corrected chi connectivity index (χ3v) is 4.46. The molecule has 0 aliphatic carbocycles. The number of hydrogen-bond donors (Lipinski definition) is 2. The van der Waals surface area contributed by atoms with Crippen LogP contribution in [0.1, 0.15) is 24.8 Å². The predicted octanol–water partition coefficient (Wildman–Crippen LogP) is 1.33. The number of carbonyl (C=O) groups excluding carboxylic acids is 2. The Morgan fingerprint density at radius 3 is 2.58 bits per heavy atom. The van der Waals surface area contributed by atoms with Crippen LogP contribution in [0.15, 0.2) is 36.0 Å². The van der Waals surface area contributed by atoms with Crippen LogP contribution in [0, 0.1) is 0 Å². The van der Waals surface area contributed by atoms with Crippen molar-refractivity contribution in [3.8, 4) is 0 Å². The van der Waals surface area contributed by atoms with E-state index < -0.39 is 0 Å². The zero-order valence-corrected chi connectivity index (χ0v) is 13.7. The second-order valence-electron chi connectivity index (χ2n) is 6.20. The molecule has 0 radical (unpaired) electrons. The van der Waals surface area contributed by atoms with Crippen molar-refractivity contribution in [2.24, 2.45) is 0 Å². The van der Waals surface area contributed by atoms with Gasteiger partial charge in [-0.15, -0.1) is 0 Å². The van der Waals surface area contributed by atoms with Crippen LogP contribution >= 0.6 is 0 Å². The van der Waals surface area contributed by atoms with E-state index in [1.807, 2.05) is 24.3 Å². The van der Waals surface area contributed by atoms with Gasteiger partial charge < -0.3 is 10.4 Å². The Hall–Kier alpha value is -2.18. The molecule has 1 aromatic carbocycles. The van der Waals surface area contributed by atoms with Gasteiger partial charge >= 0.3 is 0 Å². The monoisotopic (exact) mass is 329 g/mol. The topological polar surface area (TPSA) is 72.9 Å². The molecule has 6 nitrogen and oxygen atoms in total. The first-order chi connectivity index (χ1) is 11.7. The van der Waals surface area contributed by atoms with Crippen LogP contribution in [0.5, 0.6) is 0 Å². The smallest absolute Gasteiger partial charge is 0.277 e. The zero-order valence-electron chi connectivity index (χ0n) is 13.7. The van der Waals surface area contributed by atoms with Gasteiger partial charge in [-0.1, -0.05) is 24.6 Å². The first-order valence-corrected chi connectivity index (χ1v) is 8.44. The van der Waals surface area contributed by atoms with Crippen LogP contribution in [0.2, 0.25) is 0 Å². The second kappa shape index (κ2) is 7.59. The maximum atomic E-state index is 12.3. The number of benzene rings is 1. The summed E-state index contributed by atoms with van der Waals surface area (Å²) in [5.41, 5.74) is 2.22. The van der Waals surface area contributed by atoms with Crippen LogP contribution in [0.3, 0.4) is 0 Å². The van der Waals surface area contributed by atoms with Crippen molar-refractivity contribution in [1.29, 1.82) is 0 Å². The Labute approximate surface area is 141 Å². The maximum absolute atomic E-state index is 12.3. The third kappa shape index (κ3) is 3.66. The summed E-state index contributed by atoms with van der Waals surface area (Å²) in [4.78, 5) is 27.6. The third-order valence-electron chi connectivity index (χ3n) is 4.46. The summed E-state index contributed by atoms with van der Waals surface area (Å²) in [5.74, 6) is -0.771. The number of hydrogen-bond acceptors (Lipinski definition) is 5. The molecular formula is C18H23N3O3. The summed E-state index contributed by atoms with van der Waals surface area (Å²) < 4.78 is 0. The van der Waals surface area contributed by atoms with Crippen molar-refractivity contribution >= 4 is 17.5 Å². The number of rotatable bonds is 6. The molecule has 0 spiro atoms. The van der Waals surface area contributed by atoms with E-state index in [1.54, 1.807) is 0 Å². The van der Waals surface area contributed by atoms with E-state index in [1.165, 1.54) is 25.3 Å². The van der Waals surface area contributed by atoms with Gasteiger partial charge in [0.25, 0.3) is 11.8 Å². The van der Waals surface area contributed by atoms with Crippen molar-refractivity contribution in [3.63, 3.8) is 0 Å². The number of carbonyl (C=O) groups is 2. The van der Waals surface area contributed by atoms with Crippen molar-refractivity contribution in [2.75, 3.05) is 31.6 Å². The molecular weight excluding hydrogens is 306 g/mol. The minimum Gasteiger partial charge on any atom is -0.395 e. The fraction of sp³-hybridized carbons (Fsp3) is 0.444. The number of aliphatic hydroxyl groups is 1. The van der Waals surface area contributed by atoms with E-state index in [0.717, 1.165) is 35.8 Å². The van der Waals surface area contributed by atoms with E-state index in [0.29, 0.717) is 0 Å². The minimum absolute atomic E-state index is 0.0226. The summed E-state index contributed by atoms with van der Waals surface area (Å²) in [6.45, 7) is 2.81. The number of amides is 2. The highest BCUT2D eigenvalue weighted by Crippen LogP contribution is 2.23. The number of anilines is 1. The Morgan fingerprint density at radius 1 is 1.08 bits per heavy atom. The average Bonchev–Trinajstić information content (AvgIpc) is 2.85. The minimum atomic E-state index is -0.387. The summed E-state index contributed by atoms with van der Waals surface area (Å²) >= 11 is 0. The van der Waals surface area contributed by atoms with Gasteiger partial charge in [0.05, 0.1) is 13.2 Å². The van der Waals surface area contributed by atoms with E-state index in [4.69, 9.17) is 5.11 Å². The Morgan fingerprint density at radius 2 is 1.83 bits per heavy atom. The Bertz CT molecular complexity index is 651. The lowest BCUT2D eigenvalue weighted by atomic mass is 10.1. The molecule has 2 N–H and O–H groups in total. The largest absolute Gasteiger partial charge is 0.395 e. The van der Waals surface area contributed by atoms with Crippen molar-refractivity contribution in [3.05, 3.63) is 41.6 Å². The average molecular weight is 329 g/mol. The van der Waals surface area contributed by atoms with E-state index in [9.17, 15) is 9.59 Å². The Kier molecular flexibility index (Phi) is 5.27. The molecule has 0 bridgehead atoms. The number of likely N-dealkylation sites (tertiary alicyclic amines) is 1. The van der Waals surface area contributed by atoms with Crippen LogP contribution in [-0.2, 0) is 16.1 Å². The molecule has 0 saturated carbocycles. The highest BCUT2D eigenvalue weighted by Gasteiger charge is 2.30. The SMILES string of the molecule is O=C1C=C(Nc2ccccc2CN2CCCCC2)C(=O)N1CCO. The van der Waals surface area contributed by atoms with Crippen LogP contribution in [0.25, 0.3) is 0 Å². The van der Waals surface area contributed by atoms with Gasteiger partial charge in [0.1, 0.15) is 5.70 Å². The van der Waals surface area contributed by atoms with Gasteiger partial charge in [0.15, 0.2) is 0 Å². The van der Waals surface area contributed by atoms with Gasteiger partial charge in [0.2, 0.25) is 0 Å². The first kappa shape index (κ1) is 16.7. The van der Waals surface area contributed by atoms with Gasteiger partial charge in [-0.25, -0.2) is 0 Å². The molecule has 0 atom stereocenters. The highest BCUT2D eigenvalue weighted by molar-refractivity contribution is 6.17. The summed E-state index contributed by atoms with van der Waals surface area (Å²) in [7, 11) is 0. The molecule has 128 valence electrons. The number of aliphatic hydroxyl groups excluding tert-OH is 1. The molecule has 3 rings (SSSR count). The summed E-state index contributed by atoms with van der Waals surface area (Å²) in [5, 5.41) is 12.1. The van der Waals surface area contributed by atoms with Gasteiger partial charge in [-0.2, -0.15) is 0 Å². The van der Waals surface area contributed by atoms with Gasteiger partial charge in [0, 0.05) is 18.3 Å². The predicted molar refractivity (Wildman–Crippen MR) is 91.1 cm³/mol. The lowest BCUT2D eigenvalue weighted by Crippen LogP contribution is -2.34. The molecule has 2 aliphatic rings. The fourth-order valence-electron chi connectivity index (χ4n) is 3.19. The van der Waals surface area contributed by atoms with E-state index in [-0.39, 0.29) is 30.7 Å². The molecule has 6 heteroatoms. The molecule has 0 unspecified atom stereocenters. The van der Waals surface area contributed by atoms with Crippen molar-refractivity contribution in [1.82, 2.24) is 9.80 Å². The molecule has 1 aromatic rings. The van der Waals surface area contributed by atoms with Crippen molar-refractivity contribution < 1.29 is 14.7 Å². The number of nitrogens with zero attached hydrogens (tertiary/aromatic N) is 2. The molecule has 24 heavy (non-hydrogen) atoms. The molecule has 0 aromatic heterocycles. The molecule has 2 heterocycles. The zero-order chi connectivity index (χ0) is 16.9. The standard InChI is InChI=1S/C18H23N3O3/c22-11-10-21-17(23)12-16(18(21)24)19-15-7-3-2-6-14(15)13-20-8-4-1-5-9-20/h2-3,6-7,12,19,22H,1,4-5,8-11,13H2. The number of para-hydroxylation sites is 1. The van der Waals surface area contributed by atoms with Gasteiger partial charge in [-0.3, -0.25) is 19.4 Å². The number of nitrogens with one attached hydrogen (secondary N) is 1. The summed E-state index contributed by atoms with van der Waals surface area (Å²) in [6.07, 6.45) is 5.05. The second-order valence-corrected chi connectivity index (χ2v) is 6.20. The lowest BCUT2D eigenvalue weighted by molar-refractivity contribution is -0.137. The van der Waals surface area contributed by atoms with E-state index >= 15 is 0 Å². The Balaban J connectivity index is 1.72. The molecule has 2 amide bonds. The van der Waals surface area contributed by atoms with Crippen LogP contribution < -0.4 is 5.32 Å². The first-order valence-electron chi connectivity index (χ1n) is 8.44. The normalized spacial score (nSPS) is 18.9. The maximum Gasteiger partial charge on any atom is 0.277 e. The number of piperidine rings is 1. The number of imide groups is 1. The number of β-amino-alcohol motifs (C(OH)–C–C–N with tert-alkyl or cyclic N) is 1. The summed E-state index contributed by atoms with van der Waals surface area (Å²) in [6, 6.07) is 7.87. The highest BCUT2D eigenvalue weighted by atomic mass is 16.3. The molecule has 2 aliphatic heterocycles. The molecule has 1 fully saturated rings. The van der Waals surface area contributed by atoms with Crippen LogP contribution in [0.4, 0.5) is 5.69 Å². The fourth-order valence-corrected chi connectivity index (χ4v) is 3.19. The van der Waals surface area contributed by atoms with E-state index in [2.05, 4.69) is 10.2 Å². The van der Waals surface area contributed by atoms with Crippen molar-refractivity contribution in [2.45, 2.75) is 25.8 Å². The van der Waals surface area contributed by atoms with Gasteiger partial charge in [-0.05, 0) is 37.6 Å².